The molecule has 102 valence electrons. The van der Waals surface area contributed by atoms with E-state index in [9.17, 15) is 0 Å². The fourth-order valence-electron chi connectivity index (χ4n) is 2.47. The first-order valence-electron chi connectivity index (χ1n) is 6.89. The minimum Gasteiger partial charge on any atom is -0.378 e. The number of anilines is 1. The smallest absolute Gasteiger partial charge is 0.126 e. The van der Waals surface area contributed by atoms with Crippen molar-refractivity contribution in [2.24, 2.45) is 0 Å². The number of nitrogens with one attached hydrogen (secondary N) is 2. The summed E-state index contributed by atoms with van der Waals surface area (Å²) in [6.07, 6.45) is 4.56. The van der Waals surface area contributed by atoms with Crippen LogP contribution < -0.4 is 5.32 Å². The summed E-state index contributed by atoms with van der Waals surface area (Å²) < 4.78 is 0. The number of fused-ring (bicyclic) bond motifs is 1. The number of aryl methyl sites for hydroxylation is 2. The summed E-state index contributed by atoms with van der Waals surface area (Å²) in [6, 6.07) is 8.15. The predicted molar refractivity (Wildman–Crippen MR) is 81.8 cm³/mol. The van der Waals surface area contributed by atoms with E-state index in [2.05, 4.69) is 41.3 Å². The predicted octanol–water partition coefficient (Wildman–Crippen LogP) is 3.44. The SMILES string of the molecule is CCc1c(C)ccc2[nH]c(CNc3ccncc3)nc12. The maximum absolute atomic E-state index is 4.73. The summed E-state index contributed by atoms with van der Waals surface area (Å²) in [4.78, 5) is 12.1. The van der Waals surface area contributed by atoms with Crippen LogP contribution in [0, 0.1) is 6.92 Å². The molecule has 2 heterocycles. The van der Waals surface area contributed by atoms with E-state index in [1.807, 2.05) is 12.1 Å². The average Bonchev–Trinajstić information content (AvgIpc) is 2.89. The van der Waals surface area contributed by atoms with Crippen LogP contribution in [0.15, 0.2) is 36.7 Å². The van der Waals surface area contributed by atoms with Gasteiger partial charge in [0.15, 0.2) is 0 Å². The number of pyridine rings is 1. The van der Waals surface area contributed by atoms with Crippen LogP contribution >= 0.6 is 0 Å². The van der Waals surface area contributed by atoms with Gasteiger partial charge in [-0.25, -0.2) is 4.98 Å². The number of hydrogen-bond donors (Lipinski definition) is 2. The lowest BCUT2D eigenvalue weighted by Crippen LogP contribution is -2.00. The lowest BCUT2D eigenvalue weighted by molar-refractivity contribution is 1.01. The molecule has 3 rings (SSSR count). The zero-order valence-corrected chi connectivity index (χ0v) is 11.8. The first kappa shape index (κ1) is 12.7. The molecule has 20 heavy (non-hydrogen) atoms. The molecule has 0 unspecified atom stereocenters. The molecule has 0 saturated carbocycles. The van der Waals surface area contributed by atoms with Crippen molar-refractivity contribution in [3.05, 3.63) is 53.6 Å². The number of aromatic nitrogens is 3. The summed E-state index contributed by atoms with van der Waals surface area (Å²) in [7, 11) is 0. The molecule has 0 amide bonds. The Morgan fingerprint density at radius 1 is 1.15 bits per heavy atom. The molecule has 4 heteroatoms. The zero-order valence-electron chi connectivity index (χ0n) is 11.8. The summed E-state index contributed by atoms with van der Waals surface area (Å²) in [5.74, 6) is 0.956. The van der Waals surface area contributed by atoms with Crippen molar-refractivity contribution >= 4 is 16.7 Å². The Morgan fingerprint density at radius 3 is 2.70 bits per heavy atom. The average molecular weight is 266 g/mol. The Bertz CT molecular complexity index is 716. The summed E-state index contributed by atoms with van der Waals surface area (Å²) in [5.41, 5.74) is 5.89. The third kappa shape index (κ3) is 2.37. The molecule has 4 nitrogen and oxygen atoms in total. The summed E-state index contributed by atoms with van der Waals surface area (Å²) in [6.45, 7) is 4.99. The third-order valence-corrected chi connectivity index (χ3v) is 3.54. The van der Waals surface area contributed by atoms with Crippen LogP contribution in [-0.4, -0.2) is 15.0 Å². The number of imidazole rings is 1. The lowest BCUT2D eigenvalue weighted by atomic mass is 10.1. The minimum absolute atomic E-state index is 0.681. The van der Waals surface area contributed by atoms with Gasteiger partial charge in [-0.1, -0.05) is 13.0 Å². The standard InChI is InChI=1S/C16H18N4/c1-3-13-11(2)4-5-14-16(13)20-15(19-14)10-18-12-6-8-17-9-7-12/h4-9H,3,10H2,1-2H3,(H,17,18)(H,19,20). The van der Waals surface area contributed by atoms with Gasteiger partial charge in [-0.15, -0.1) is 0 Å². The summed E-state index contributed by atoms with van der Waals surface area (Å²) in [5, 5.41) is 3.34. The Morgan fingerprint density at radius 2 is 1.95 bits per heavy atom. The van der Waals surface area contributed by atoms with Crippen LogP contribution in [0.25, 0.3) is 11.0 Å². The van der Waals surface area contributed by atoms with Crippen molar-refractivity contribution < 1.29 is 0 Å². The highest BCUT2D eigenvalue weighted by molar-refractivity contribution is 5.80. The van der Waals surface area contributed by atoms with E-state index in [0.717, 1.165) is 29.0 Å². The molecular weight excluding hydrogens is 248 g/mol. The molecule has 0 aliphatic heterocycles. The number of nitrogens with zero attached hydrogens (tertiary/aromatic N) is 2. The van der Waals surface area contributed by atoms with Crippen LogP contribution in [0.1, 0.15) is 23.9 Å². The topological polar surface area (TPSA) is 53.6 Å². The third-order valence-electron chi connectivity index (χ3n) is 3.54. The minimum atomic E-state index is 0.681. The van der Waals surface area contributed by atoms with Crippen molar-refractivity contribution in [2.45, 2.75) is 26.8 Å². The number of H-pyrrole nitrogens is 1. The molecule has 0 aliphatic carbocycles. The van der Waals surface area contributed by atoms with Crippen molar-refractivity contribution in [1.29, 1.82) is 0 Å². The monoisotopic (exact) mass is 266 g/mol. The van der Waals surface area contributed by atoms with Crippen LogP contribution in [-0.2, 0) is 13.0 Å². The molecule has 0 spiro atoms. The second kappa shape index (κ2) is 5.33. The highest BCUT2D eigenvalue weighted by atomic mass is 15.0. The molecule has 0 aliphatic rings. The molecule has 2 aromatic heterocycles. The first-order chi connectivity index (χ1) is 9.78. The van der Waals surface area contributed by atoms with E-state index in [1.54, 1.807) is 12.4 Å². The largest absolute Gasteiger partial charge is 0.378 e. The Kier molecular flexibility index (Phi) is 3.37. The van der Waals surface area contributed by atoms with Gasteiger partial charge in [-0.3, -0.25) is 4.98 Å². The van der Waals surface area contributed by atoms with E-state index in [-0.39, 0.29) is 0 Å². The fraction of sp³-hybridized carbons (Fsp3) is 0.250. The van der Waals surface area contributed by atoms with Crippen molar-refractivity contribution in [1.82, 2.24) is 15.0 Å². The molecule has 2 N–H and O–H groups in total. The Hall–Kier alpha value is -2.36. The molecule has 0 bridgehead atoms. The summed E-state index contributed by atoms with van der Waals surface area (Å²) >= 11 is 0. The van der Waals surface area contributed by atoms with Gasteiger partial charge in [0.1, 0.15) is 5.82 Å². The van der Waals surface area contributed by atoms with Crippen LogP contribution in [0.5, 0.6) is 0 Å². The second-order valence-corrected chi connectivity index (χ2v) is 4.88. The maximum atomic E-state index is 4.73. The molecule has 0 radical (unpaired) electrons. The van der Waals surface area contributed by atoms with Gasteiger partial charge in [0.25, 0.3) is 0 Å². The van der Waals surface area contributed by atoms with Gasteiger partial charge in [0.05, 0.1) is 17.6 Å². The fourth-order valence-corrected chi connectivity index (χ4v) is 2.47. The van der Waals surface area contributed by atoms with Crippen molar-refractivity contribution in [2.75, 3.05) is 5.32 Å². The van der Waals surface area contributed by atoms with E-state index in [1.165, 1.54) is 11.1 Å². The first-order valence-corrected chi connectivity index (χ1v) is 6.89. The maximum Gasteiger partial charge on any atom is 0.126 e. The second-order valence-electron chi connectivity index (χ2n) is 4.88. The van der Waals surface area contributed by atoms with Crippen LogP contribution in [0.3, 0.4) is 0 Å². The van der Waals surface area contributed by atoms with E-state index < -0.39 is 0 Å². The zero-order chi connectivity index (χ0) is 13.9. The van der Waals surface area contributed by atoms with Crippen molar-refractivity contribution in [3.8, 4) is 0 Å². The highest BCUT2D eigenvalue weighted by Crippen LogP contribution is 2.21. The molecule has 0 fully saturated rings. The van der Waals surface area contributed by atoms with Gasteiger partial charge in [0, 0.05) is 18.1 Å². The molecule has 3 aromatic rings. The highest BCUT2D eigenvalue weighted by Gasteiger charge is 2.08. The molecular formula is C16H18N4. The molecule has 1 aromatic carbocycles. The molecule has 0 atom stereocenters. The number of rotatable bonds is 4. The Labute approximate surface area is 118 Å². The van der Waals surface area contributed by atoms with Crippen molar-refractivity contribution in [3.63, 3.8) is 0 Å². The van der Waals surface area contributed by atoms with Gasteiger partial charge < -0.3 is 10.3 Å². The van der Waals surface area contributed by atoms with E-state index in [0.29, 0.717) is 6.54 Å². The Balaban J connectivity index is 1.86. The number of benzene rings is 1. The van der Waals surface area contributed by atoms with Crippen LogP contribution in [0.4, 0.5) is 5.69 Å². The number of aromatic amines is 1. The van der Waals surface area contributed by atoms with Gasteiger partial charge >= 0.3 is 0 Å². The lowest BCUT2D eigenvalue weighted by Gasteiger charge is -2.02. The normalized spacial score (nSPS) is 10.9. The van der Waals surface area contributed by atoms with Gasteiger partial charge in [0.2, 0.25) is 0 Å². The van der Waals surface area contributed by atoms with Gasteiger partial charge in [-0.2, -0.15) is 0 Å². The van der Waals surface area contributed by atoms with Crippen LogP contribution in [0.2, 0.25) is 0 Å². The van der Waals surface area contributed by atoms with E-state index in [4.69, 9.17) is 4.98 Å². The van der Waals surface area contributed by atoms with E-state index >= 15 is 0 Å². The van der Waals surface area contributed by atoms with Gasteiger partial charge in [-0.05, 0) is 42.7 Å². The molecule has 0 saturated heterocycles. The quantitative estimate of drug-likeness (QED) is 0.760. The number of hydrogen-bond acceptors (Lipinski definition) is 3.